The number of hydrogen-bond donors (Lipinski definition) is 2. The number of nitrogens with one attached hydrogen (secondary N) is 1. The topological polar surface area (TPSA) is 58.3 Å². The lowest BCUT2D eigenvalue weighted by Crippen LogP contribution is -2.51. The second-order valence-corrected chi connectivity index (χ2v) is 5.80. The predicted octanol–water partition coefficient (Wildman–Crippen LogP) is 2.32. The summed E-state index contributed by atoms with van der Waals surface area (Å²) in [5, 5.41) is 17.2. The van der Waals surface area contributed by atoms with Gasteiger partial charge >= 0.3 is 0 Å². The van der Waals surface area contributed by atoms with E-state index in [4.69, 9.17) is 4.52 Å². The van der Waals surface area contributed by atoms with Crippen LogP contribution >= 0.6 is 0 Å². The molecular weight excluding hydrogens is 228 g/mol. The largest absolute Gasteiger partial charge is 0.394 e. The third-order valence-electron chi connectivity index (χ3n) is 4.22. The average molecular weight is 252 g/mol. The minimum Gasteiger partial charge on any atom is -0.394 e. The highest BCUT2D eigenvalue weighted by molar-refractivity contribution is 5.20. The number of aliphatic hydroxyl groups is 1. The Hall–Kier alpha value is -0.870. The Morgan fingerprint density at radius 3 is 2.83 bits per heavy atom. The van der Waals surface area contributed by atoms with E-state index in [0.717, 1.165) is 36.4 Å². The third kappa shape index (κ3) is 2.75. The number of rotatable bonds is 4. The van der Waals surface area contributed by atoms with Gasteiger partial charge in [0.15, 0.2) is 0 Å². The molecule has 0 aromatic carbocycles. The van der Waals surface area contributed by atoms with Crippen molar-refractivity contribution >= 4 is 0 Å². The van der Waals surface area contributed by atoms with E-state index in [1.165, 1.54) is 12.8 Å². The fraction of sp³-hybridized carbons (Fsp3) is 0.786. The number of hydrogen-bond acceptors (Lipinski definition) is 4. The first-order valence-electron chi connectivity index (χ1n) is 6.84. The van der Waals surface area contributed by atoms with Crippen LogP contribution in [0.4, 0.5) is 0 Å². The predicted molar refractivity (Wildman–Crippen MR) is 70.3 cm³/mol. The Labute approximate surface area is 109 Å². The highest BCUT2D eigenvalue weighted by atomic mass is 16.5. The molecule has 1 saturated carbocycles. The molecule has 0 aliphatic heterocycles. The molecule has 2 N–H and O–H groups in total. The minimum atomic E-state index is -0.117. The zero-order chi connectivity index (χ0) is 13.2. The van der Waals surface area contributed by atoms with Crippen LogP contribution in [0.3, 0.4) is 0 Å². The highest BCUT2D eigenvalue weighted by Crippen LogP contribution is 2.32. The van der Waals surface area contributed by atoms with E-state index in [-0.39, 0.29) is 12.1 Å². The number of aliphatic hydroxyl groups excluding tert-OH is 1. The summed E-state index contributed by atoms with van der Waals surface area (Å²) < 4.78 is 5.17. The van der Waals surface area contributed by atoms with Gasteiger partial charge in [-0.3, -0.25) is 0 Å². The highest BCUT2D eigenvalue weighted by Gasteiger charge is 2.34. The molecule has 1 fully saturated rings. The van der Waals surface area contributed by atoms with Crippen molar-refractivity contribution in [3.8, 4) is 0 Å². The molecule has 2 atom stereocenters. The first kappa shape index (κ1) is 13.6. The molecule has 1 aromatic heterocycles. The second-order valence-electron chi connectivity index (χ2n) is 5.80. The van der Waals surface area contributed by atoms with Gasteiger partial charge in [-0.05, 0) is 32.6 Å². The molecule has 0 saturated heterocycles. The normalized spacial score (nSPS) is 28.6. The van der Waals surface area contributed by atoms with Gasteiger partial charge in [-0.1, -0.05) is 24.9 Å². The summed E-state index contributed by atoms with van der Waals surface area (Å²) in [6.45, 7) is 7.10. The molecule has 4 nitrogen and oxygen atoms in total. The Bertz CT molecular complexity index is 383. The van der Waals surface area contributed by atoms with E-state index in [1.54, 1.807) is 0 Å². The molecule has 0 spiro atoms. The van der Waals surface area contributed by atoms with Crippen LogP contribution in [-0.2, 0) is 6.54 Å². The van der Waals surface area contributed by atoms with Crippen molar-refractivity contribution in [1.82, 2.24) is 10.5 Å². The number of nitrogens with zero attached hydrogens (tertiary/aromatic N) is 1. The molecule has 1 aromatic rings. The zero-order valence-electron chi connectivity index (χ0n) is 11.6. The maximum absolute atomic E-state index is 9.72. The van der Waals surface area contributed by atoms with Gasteiger partial charge in [-0.25, -0.2) is 0 Å². The van der Waals surface area contributed by atoms with E-state index >= 15 is 0 Å². The third-order valence-corrected chi connectivity index (χ3v) is 4.22. The SMILES string of the molecule is Cc1noc(C)c1CNC1(CO)CCCC(C)C1. The number of aryl methyl sites for hydroxylation is 2. The molecule has 0 amide bonds. The summed E-state index contributed by atoms with van der Waals surface area (Å²) in [4.78, 5) is 0. The van der Waals surface area contributed by atoms with Crippen molar-refractivity contribution in [3.05, 3.63) is 17.0 Å². The maximum Gasteiger partial charge on any atom is 0.138 e. The van der Waals surface area contributed by atoms with Gasteiger partial charge in [0, 0.05) is 17.6 Å². The van der Waals surface area contributed by atoms with Gasteiger partial charge in [0.2, 0.25) is 0 Å². The maximum atomic E-state index is 9.72. The van der Waals surface area contributed by atoms with E-state index in [2.05, 4.69) is 17.4 Å². The van der Waals surface area contributed by atoms with Crippen molar-refractivity contribution in [2.45, 2.75) is 58.5 Å². The van der Waals surface area contributed by atoms with E-state index in [0.29, 0.717) is 5.92 Å². The summed E-state index contributed by atoms with van der Waals surface area (Å²) in [6, 6.07) is 0. The van der Waals surface area contributed by atoms with Crippen LogP contribution in [0.15, 0.2) is 4.52 Å². The Balaban J connectivity index is 2.03. The lowest BCUT2D eigenvalue weighted by molar-refractivity contribution is 0.0981. The van der Waals surface area contributed by atoms with Gasteiger partial charge in [0.1, 0.15) is 5.76 Å². The molecule has 0 radical (unpaired) electrons. The first-order chi connectivity index (χ1) is 8.56. The smallest absolute Gasteiger partial charge is 0.138 e. The Kier molecular flexibility index (Phi) is 4.07. The summed E-state index contributed by atoms with van der Waals surface area (Å²) in [7, 11) is 0. The van der Waals surface area contributed by atoms with Crippen LogP contribution in [0.1, 0.15) is 49.6 Å². The monoisotopic (exact) mass is 252 g/mol. The van der Waals surface area contributed by atoms with Gasteiger partial charge < -0.3 is 14.9 Å². The molecule has 1 aliphatic rings. The van der Waals surface area contributed by atoms with Crippen molar-refractivity contribution < 1.29 is 9.63 Å². The van der Waals surface area contributed by atoms with Crippen molar-refractivity contribution in [1.29, 1.82) is 0 Å². The van der Waals surface area contributed by atoms with E-state index in [1.807, 2.05) is 13.8 Å². The van der Waals surface area contributed by atoms with Crippen LogP contribution in [0.5, 0.6) is 0 Å². The first-order valence-corrected chi connectivity index (χ1v) is 6.84. The molecule has 2 rings (SSSR count). The van der Waals surface area contributed by atoms with Gasteiger partial charge in [-0.2, -0.15) is 0 Å². The molecule has 102 valence electrons. The van der Waals surface area contributed by atoms with Gasteiger partial charge in [0.05, 0.1) is 12.3 Å². The summed E-state index contributed by atoms with van der Waals surface area (Å²) >= 11 is 0. The fourth-order valence-corrected chi connectivity index (χ4v) is 3.05. The van der Waals surface area contributed by atoms with Crippen LogP contribution in [0.25, 0.3) is 0 Å². The van der Waals surface area contributed by atoms with Crippen LogP contribution in [-0.4, -0.2) is 22.4 Å². The summed E-state index contributed by atoms with van der Waals surface area (Å²) in [6.07, 6.45) is 4.56. The van der Waals surface area contributed by atoms with Gasteiger partial charge in [0.25, 0.3) is 0 Å². The van der Waals surface area contributed by atoms with Crippen LogP contribution in [0.2, 0.25) is 0 Å². The Morgan fingerprint density at radius 2 is 2.28 bits per heavy atom. The molecule has 2 unspecified atom stereocenters. The standard InChI is InChI=1S/C14H24N2O2/c1-10-5-4-6-14(7-10,9-17)15-8-13-11(2)16-18-12(13)3/h10,15,17H,4-9H2,1-3H3. The lowest BCUT2D eigenvalue weighted by atomic mass is 9.76. The summed E-state index contributed by atoms with van der Waals surface area (Å²) in [5.74, 6) is 1.56. The molecular formula is C14H24N2O2. The molecule has 1 aliphatic carbocycles. The minimum absolute atomic E-state index is 0.117. The molecule has 4 heteroatoms. The summed E-state index contributed by atoms with van der Waals surface area (Å²) in [5.41, 5.74) is 1.95. The number of aromatic nitrogens is 1. The zero-order valence-corrected chi connectivity index (χ0v) is 11.6. The van der Waals surface area contributed by atoms with Crippen molar-refractivity contribution in [2.75, 3.05) is 6.61 Å². The average Bonchev–Trinajstić information content (AvgIpc) is 2.67. The van der Waals surface area contributed by atoms with Crippen LogP contribution < -0.4 is 5.32 Å². The lowest BCUT2D eigenvalue weighted by Gasteiger charge is -2.39. The van der Waals surface area contributed by atoms with Gasteiger partial charge in [-0.15, -0.1) is 0 Å². The second kappa shape index (κ2) is 5.41. The molecule has 18 heavy (non-hydrogen) atoms. The van der Waals surface area contributed by atoms with Crippen LogP contribution in [0, 0.1) is 19.8 Å². The molecule has 1 heterocycles. The quantitative estimate of drug-likeness (QED) is 0.863. The molecule has 0 bridgehead atoms. The fourth-order valence-electron chi connectivity index (χ4n) is 3.05. The van der Waals surface area contributed by atoms with E-state index in [9.17, 15) is 5.11 Å². The van der Waals surface area contributed by atoms with Crippen molar-refractivity contribution in [2.24, 2.45) is 5.92 Å². The van der Waals surface area contributed by atoms with E-state index < -0.39 is 0 Å². The Morgan fingerprint density at radius 1 is 1.50 bits per heavy atom. The van der Waals surface area contributed by atoms with Crippen molar-refractivity contribution in [3.63, 3.8) is 0 Å².